The first-order chi connectivity index (χ1) is 7.33. The molecule has 0 aliphatic carbocycles. The molecule has 0 saturated carbocycles. The van der Waals surface area contributed by atoms with E-state index in [9.17, 15) is 0 Å². The van der Waals surface area contributed by atoms with E-state index in [1.54, 1.807) is 0 Å². The van der Waals surface area contributed by atoms with Crippen molar-refractivity contribution in [1.29, 1.82) is 0 Å². The van der Waals surface area contributed by atoms with Gasteiger partial charge in [-0.2, -0.15) is 0 Å². The van der Waals surface area contributed by atoms with Gasteiger partial charge in [-0.1, -0.05) is 19.8 Å². The van der Waals surface area contributed by atoms with Gasteiger partial charge in [0.1, 0.15) is 0 Å². The summed E-state index contributed by atoms with van der Waals surface area (Å²) >= 11 is 0. The van der Waals surface area contributed by atoms with E-state index in [-0.39, 0.29) is 0 Å². The van der Waals surface area contributed by atoms with Crippen molar-refractivity contribution in [2.75, 3.05) is 39.4 Å². The molecule has 0 amide bonds. The van der Waals surface area contributed by atoms with Crippen LogP contribution in [0.1, 0.15) is 33.1 Å². The second-order valence-corrected chi connectivity index (χ2v) is 4.48. The Hall–Kier alpha value is -0.120. The topological polar surface area (TPSA) is 24.5 Å². The second-order valence-electron chi connectivity index (χ2n) is 4.48. The zero-order chi connectivity index (χ0) is 10.9. The number of nitrogens with one attached hydrogen (secondary N) is 1. The second kappa shape index (κ2) is 8.08. The molecule has 0 aromatic heterocycles. The number of unbranched alkanes of at least 4 members (excludes halogenated alkanes) is 2. The van der Waals surface area contributed by atoms with Crippen LogP contribution in [-0.2, 0) is 4.74 Å². The molecule has 90 valence electrons. The molecule has 1 heterocycles. The zero-order valence-electron chi connectivity index (χ0n) is 10.3. The lowest BCUT2D eigenvalue weighted by molar-refractivity contribution is 0.0344. The highest BCUT2D eigenvalue weighted by Gasteiger charge is 2.12. The van der Waals surface area contributed by atoms with E-state index >= 15 is 0 Å². The fraction of sp³-hybridized carbons (Fsp3) is 1.00. The van der Waals surface area contributed by atoms with Crippen LogP contribution >= 0.6 is 0 Å². The van der Waals surface area contributed by atoms with Crippen LogP contribution in [0, 0.1) is 0 Å². The molecule has 0 bridgehead atoms. The molecule has 1 rings (SSSR count). The lowest BCUT2D eigenvalue weighted by Crippen LogP contribution is -2.44. The molecule has 1 N–H and O–H groups in total. The Kier molecular flexibility index (Phi) is 6.98. The van der Waals surface area contributed by atoms with Crippen LogP contribution in [0.3, 0.4) is 0 Å². The minimum absolute atomic E-state index is 0.611. The zero-order valence-corrected chi connectivity index (χ0v) is 10.3. The van der Waals surface area contributed by atoms with Crippen molar-refractivity contribution in [3.8, 4) is 0 Å². The van der Waals surface area contributed by atoms with Crippen LogP contribution in [0.2, 0.25) is 0 Å². The predicted molar refractivity (Wildman–Crippen MR) is 64.2 cm³/mol. The van der Waals surface area contributed by atoms with Gasteiger partial charge >= 0.3 is 0 Å². The van der Waals surface area contributed by atoms with Crippen molar-refractivity contribution < 1.29 is 4.74 Å². The molecule has 3 nitrogen and oxygen atoms in total. The van der Waals surface area contributed by atoms with Crippen LogP contribution in [0.15, 0.2) is 0 Å². The Morgan fingerprint density at radius 3 is 2.67 bits per heavy atom. The molecular formula is C12H26N2O. The summed E-state index contributed by atoms with van der Waals surface area (Å²) in [5, 5.41) is 3.58. The van der Waals surface area contributed by atoms with Gasteiger partial charge < -0.3 is 10.1 Å². The van der Waals surface area contributed by atoms with E-state index in [4.69, 9.17) is 4.74 Å². The van der Waals surface area contributed by atoms with Crippen molar-refractivity contribution in [1.82, 2.24) is 10.2 Å². The molecule has 1 aliphatic heterocycles. The van der Waals surface area contributed by atoms with E-state index in [0.717, 1.165) is 32.8 Å². The maximum absolute atomic E-state index is 5.33. The van der Waals surface area contributed by atoms with Crippen LogP contribution in [0.4, 0.5) is 0 Å². The average molecular weight is 214 g/mol. The van der Waals surface area contributed by atoms with Gasteiger partial charge in [0, 0.05) is 25.7 Å². The summed E-state index contributed by atoms with van der Waals surface area (Å²) in [5.74, 6) is 0. The van der Waals surface area contributed by atoms with E-state index in [0.29, 0.717) is 6.04 Å². The van der Waals surface area contributed by atoms with E-state index in [1.165, 1.54) is 25.8 Å². The summed E-state index contributed by atoms with van der Waals surface area (Å²) in [7, 11) is 0. The average Bonchev–Trinajstić information content (AvgIpc) is 2.26. The number of rotatable bonds is 7. The van der Waals surface area contributed by atoms with Gasteiger partial charge in [0.2, 0.25) is 0 Å². The van der Waals surface area contributed by atoms with Crippen molar-refractivity contribution in [3.05, 3.63) is 0 Å². The Balaban J connectivity index is 1.98. The normalized spacial score (nSPS) is 20.4. The summed E-state index contributed by atoms with van der Waals surface area (Å²) in [6.07, 6.45) is 3.96. The highest BCUT2D eigenvalue weighted by Crippen LogP contribution is 1.99. The molecule has 1 unspecified atom stereocenters. The third-order valence-corrected chi connectivity index (χ3v) is 2.91. The number of ether oxygens (including phenoxy) is 1. The maximum atomic E-state index is 5.33. The standard InChI is InChI=1S/C12H26N2O/c1-3-4-5-6-13-12(2)11-14-7-9-15-10-8-14/h12-13H,3-11H2,1-2H3. The smallest absolute Gasteiger partial charge is 0.0594 e. The molecule has 0 aromatic carbocycles. The number of hydrogen-bond acceptors (Lipinski definition) is 3. The molecule has 1 fully saturated rings. The highest BCUT2D eigenvalue weighted by molar-refractivity contribution is 4.69. The molecule has 0 spiro atoms. The van der Waals surface area contributed by atoms with Gasteiger partial charge in [0.15, 0.2) is 0 Å². The van der Waals surface area contributed by atoms with E-state index in [2.05, 4.69) is 24.1 Å². The first-order valence-corrected chi connectivity index (χ1v) is 6.36. The van der Waals surface area contributed by atoms with Gasteiger partial charge in [-0.3, -0.25) is 4.90 Å². The van der Waals surface area contributed by atoms with Crippen molar-refractivity contribution in [2.24, 2.45) is 0 Å². The minimum Gasteiger partial charge on any atom is -0.379 e. The van der Waals surface area contributed by atoms with Gasteiger partial charge in [-0.05, 0) is 19.9 Å². The summed E-state index contributed by atoms with van der Waals surface area (Å²) in [5.41, 5.74) is 0. The van der Waals surface area contributed by atoms with Gasteiger partial charge in [0.25, 0.3) is 0 Å². The summed E-state index contributed by atoms with van der Waals surface area (Å²) in [4.78, 5) is 2.49. The van der Waals surface area contributed by atoms with Crippen molar-refractivity contribution in [3.63, 3.8) is 0 Å². The number of nitrogens with zero attached hydrogens (tertiary/aromatic N) is 1. The molecule has 15 heavy (non-hydrogen) atoms. The molecule has 0 aromatic rings. The van der Waals surface area contributed by atoms with Crippen molar-refractivity contribution >= 4 is 0 Å². The minimum atomic E-state index is 0.611. The van der Waals surface area contributed by atoms with Crippen LogP contribution in [-0.4, -0.2) is 50.3 Å². The Morgan fingerprint density at radius 2 is 2.00 bits per heavy atom. The van der Waals surface area contributed by atoms with Gasteiger partial charge in [-0.15, -0.1) is 0 Å². The fourth-order valence-corrected chi connectivity index (χ4v) is 1.96. The molecule has 1 atom stereocenters. The third-order valence-electron chi connectivity index (χ3n) is 2.91. The molecule has 1 saturated heterocycles. The van der Waals surface area contributed by atoms with Crippen LogP contribution in [0.25, 0.3) is 0 Å². The molecular weight excluding hydrogens is 188 g/mol. The Morgan fingerprint density at radius 1 is 1.27 bits per heavy atom. The van der Waals surface area contributed by atoms with E-state index in [1.807, 2.05) is 0 Å². The Labute approximate surface area is 94.2 Å². The van der Waals surface area contributed by atoms with E-state index < -0.39 is 0 Å². The number of morpholine rings is 1. The monoisotopic (exact) mass is 214 g/mol. The Bertz CT molecular complexity index is 147. The van der Waals surface area contributed by atoms with Crippen LogP contribution < -0.4 is 5.32 Å². The van der Waals surface area contributed by atoms with Gasteiger partial charge in [0.05, 0.1) is 13.2 Å². The quantitative estimate of drug-likeness (QED) is 0.650. The molecule has 0 radical (unpaired) electrons. The molecule has 3 heteroatoms. The first-order valence-electron chi connectivity index (χ1n) is 6.36. The maximum Gasteiger partial charge on any atom is 0.0594 e. The largest absolute Gasteiger partial charge is 0.379 e. The summed E-state index contributed by atoms with van der Waals surface area (Å²) < 4.78 is 5.33. The van der Waals surface area contributed by atoms with Crippen LogP contribution in [0.5, 0.6) is 0 Å². The SMILES string of the molecule is CCCCCNC(C)CN1CCOCC1. The predicted octanol–water partition coefficient (Wildman–Crippen LogP) is 1.49. The molecule has 1 aliphatic rings. The first kappa shape index (κ1) is 12.9. The number of hydrogen-bond donors (Lipinski definition) is 1. The lowest BCUT2D eigenvalue weighted by Gasteiger charge is -2.29. The van der Waals surface area contributed by atoms with Gasteiger partial charge in [-0.25, -0.2) is 0 Å². The summed E-state index contributed by atoms with van der Waals surface area (Å²) in [6.45, 7) is 10.9. The summed E-state index contributed by atoms with van der Waals surface area (Å²) in [6, 6.07) is 0.611. The fourth-order valence-electron chi connectivity index (χ4n) is 1.96. The highest BCUT2D eigenvalue weighted by atomic mass is 16.5. The third kappa shape index (κ3) is 6.13. The van der Waals surface area contributed by atoms with Crippen molar-refractivity contribution in [2.45, 2.75) is 39.2 Å². The lowest BCUT2D eigenvalue weighted by atomic mass is 10.2.